The summed E-state index contributed by atoms with van der Waals surface area (Å²) in [5.74, 6) is -1.16. The minimum Gasteiger partial charge on any atom is -0.340 e. The predicted octanol–water partition coefficient (Wildman–Crippen LogP) is 1.90. The molecule has 30 heavy (non-hydrogen) atoms. The second-order valence-corrected chi connectivity index (χ2v) is 8.87. The number of amides is 2. The van der Waals surface area contributed by atoms with Crippen LogP contribution in [0, 0.1) is 5.92 Å². The molecule has 1 aromatic heterocycles. The molecule has 0 saturated carbocycles. The summed E-state index contributed by atoms with van der Waals surface area (Å²) in [6.07, 6.45) is 4.24. The van der Waals surface area contributed by atoms with E-state index in [0.29, 0.717) is 18.8 Å². The van der Waals surface area contributed by atoms with Crippen LogP contribution in [0.15, 0.2) is 47.9 Å². The van der Waals surface area contributed by atoms with Crippen LogP contribution < -0.4 is 10.6 Å². The van der Waals surface area contributed by atoms with Crippen LogP contribution in [0.5, 0.6) is 0 Å². The summed E-state index contributed by atoms with van der Waals surface area (Å²) >= 11 is 0. The molecule has 9 nitrogen and oxygen atoms in total. The van der Waals surface area contributed by atoms with Crippen LogP contribution in [0.3, 0.4) is 0 Å². The fourth-order valence-corrected chi connectivity index (χ4v) is 4.36. The van der Waals surface area contributed by atoms with Crippen LogP contribution in [0.1, 0.15) is 38.1 Å². The largest absolute Gasteiger partial charge is 0.340 e. The molecule has 0 fully saturated rings. The summed E-state index contributed by atoms with van der Waals surface area (Å²) in [6.45, 7) is 7.76. The number of hydrogen-bond donors (Lipinski definition) is 2. The third-order valence-electron chi connectivity index (χ3n) is 4.50. The van der Waals surface area contributed by atoms with E-state index < -0.39 is 27.9 Å². The zero-order valence-electron chi connectivity index (χ0n) is 17.5. The highest BCUT2D eigenvalue weighted by Gasteiger charge is 2.26. The first-order valence-electron chi connectivity index (χ1n) is 9.67. The van der Waals surface area contributed by atoms with Gasteiger partial charge in [-0.05, 0) is 24.1 Å². The number of hydrogen-bond acceptors (Lipinski definition) is 6. The quantitative estimate of drug-likeness (QED) is 0.623. The van der Waals surface area contributed by atoms with Crippen LogP contribution in [-0.2, 0) is 14.8 Å². The number of benzene rings is 1. The molecular weight excluding hydrogens is 406 g/mol. The maximum absolute atomic E-state index is 12.8. The lowest BCUT2D eigenvalue weighted by Crippen LogP contribution is -2.47. The van der Waals surface area contributed by atoms with Crippen LogP contribution in [0.4, 0.5) is 5.69 Å². The summed E-state index contributed by atoms with van der Waals surface area (Å²) < 4.78 is 26.8. The molecule has 0 radical (unpaired) electrons. The van der Waals surface area contributed by atoms with Gasteiger partial charge < -0.3 is 10.6 Å². The summed E-state index contributed by atoms with van der Waals surface area (Å²) in [7, 11) is -3.70. The smallest absolute Gasteiger partial charge is 0.251 e. The topological polar surface area (TPSA) is 121 Å². The van der Waals surface area contributed by atoms with Gasteiger partial charge in [-0.15, -0.1) is 0 Å². The molecule has 2 rings (SSSR count). The minimum absolute atomic E-state index is 0.0332. The van der Waals surface area contributed by atoms with Gasteiger partial charge in [0.2, 0.25) is 15.9 Å². The SMILES string of the molecule is CCN(CC)S(=O)(=O)c1cccc(C(=O)N[C@@H](C(=O)Nc2cncnc2)C(C)C)c1. The molecule has 0 unspecified atom stereocenters. The Kier molecular flexibility index (Phi) is 8.01. The summed E-state index contributed by atoms with van der Waals surface area (Å²) in [4.78, 5) is 33.1. The third kappa shape index (κ3) is 5.61. The molecule has 1 aromatic carbocycles. The van der Waals surface area contributed by atoms with Gasteiger partial charge in [-0.1, -0.05) is 33.8 Å². The van der Waals surface area contributed by atoms with Gasteiger partial charge in [0.25, 0.3) is 5.91 Å². The molecule has 0 aliphatic rings. The fraction of sp³-hybridized carbons (Fsp3) is 0.400. The molecule has 10 heteroatoms. The van der Waals surface area contributed by atoms with E-state index in [1.54, 1.807) is 27.7 Å². The number of sulfonamides is 1. The zero-order valence-corrected chi connectivity index (χ0v) is 18.3. The zero-order chi connectivity index (χ0) is 22.3. The van der Waals surface area contributed by atoms with E-state index in [9.17, 15) is 18.0 Å². The van der Waals surface area contributed by atoms with E-state index in [1.807, 2.05) is 0 Å². The molecule has 0 bridgehead atoms. The van der Waals surface area contributed by atoms with E-state index >= 15 is 0 Å². The van der Waals surface area contributed by atoms with Crippen molar-refractivity contribution in [2.24, 2.45) is 5.92 Å². The average Bonchev–Trinajstić information content (AvgIpc) is 2.73. The first kappa shape index (κ1) is 23.4. The second kappa shape index (κ2) is 10.3. The Hall–Kier alpha value is -2.85. The van der Waals surface area contributed by atoms with E-state index in [4.69, 9.17) is 0 Å². The highest BCUT2D eigenvalue weighted by atomic mass is 32.2. The molecule has 0 aliphatic carbocycles. The number of nitrogens with zero attached hydrogens (tertiary/aromatic N) is 3. The lowest BCUT2D eigenvalue weighted by Gasteiger charge is -2.22. The van der Waals surface area contributed by atoms with Crippen molar-refractivity contribution in [3.05, 3.63) is 48.5 Å². The van der Waals surface area contributed by atoms with Crippen molar-refractivity contribution in [3.8, 4) is 0 Å². The normalized spacial score (nSPS) is 12.6. The van der Waals surface area contributed by atoms with Gasteiger partial charge in [0.15, 0.2) is 0 Å². The Morgan fingerprint density at radius 3 is 2.30 bits per heavy atom. The van der Waals surface area contributed by atoms with Crippen molar-refractivity contribution in [2.45, 2.75) is 38.6 Å². The van der Waals surface area contributed by atoms with Crippen LogP contribution >= 0.6 is 0 Å². The Morgan fingerprint density at radius 2 is 1.73 bits per heavy atom. The van der Waals surface area contributed by atoms with Crippen molar-refractivity contribution in [1.82, 2.24) is 19.6 Å². The Labute approximate surface area is 177 Å². The Bertz CT molecular complexity index is 976. The van der Waals surface area contributed by atoms with Crippen molar-refractivity contribution < 1.29 is 18.0 Å². The molecule has 0 saturated heterocycles. The number of rotatable bonds is 9. The standard InChI is InChI=1S/C20H27N5O4S/c1-5-25(6-2)30(28,29)17-9-7-8-15(10-17)19(26)24-18(14(3)4)20(27)23-16-11-21-13-22-12-16/h7-14,18H,5-6H2,1-4H3,(H,23,27)(H,24,26)/t18-/m1/s1. The van der Waals surface area contributed by atoms with Crippen LogP contribution in [0.2, 0.25) is 0 Å². The number of aromatic nitrogens is 2. The van der Waals surface area contributed by atoms with Crippen molar-refractivity contribution in [2.75, 3.05) is 18.4 Å². The lowest BCUT2D eigenvalue weighted by molar-refractivity contribution is -0.118. The predicted molar refractivity (Wildman–Crippen MR) is 113 cm³/mol. The molecule has 2 amide bonds. The minimum atomic E-state index is -3.70. The Morgan fingerprint density at radius 1 is 1.10 bits per heavy atom. The molecule has 0 aliphatic heterocycles. The van der Waals surface area contributed by atoms with Gasteiger partial charge in [0.05, 0.1) is 23.0 Å². The average molecular weight is 434 g/mol. The molecule has 1 atom stereocenters. The van der Waals surface area contributed by atoms with Crippen molar-refractivity contribution in [3.63, 3.8) is 0 Å². The molecule has 0 spiro atoms. The molecule has 162 valence electrons. The highest BCUT2D eigenvalue weighted by molar-refractivity contribution is 7.89. The van der Waals surface area contributed by atoms with Gasteiger partial charge in [-0.3, -0.25) is 9.59 Å². The molecule has 1 heterocycles. The first-order valence-corrected chi connectivity index (χ1v) is 11.1. The highest BCUT2D eigenvalue weighted by Crippen LogP contribution is 2.17. The van der Waals surface area contributed by atoms with Gasteiger partial charge in [-0.25, -0.2) is 18.4 Å². The summed E-state index contributed by atoms with van der Waals surface area (Å²) in [5, 5.41) is 5.35. The van der Waals surface area contributed by atoms with Crippen molar-refractivity contribution in [1.29, 1.82) is 0 Å². The lowest BCUT2D eigenvalue weighted by atomic mass is 10.0. The number of nitrogens with one attached hydrogen (secondary N) is 2. The van der Waals surface area contributed by atoms with E-state index in [1.165, 1.54) is 47.3 Å². The number of anilines is 1. The Balaban J connectivity index is 2.21. The second-order valence-electron chi connectivity index (χ2n) is 6.93. The maximum Gasteiger partial charge on any atom is 0.251 e. The molecule has 2 aromatic rings. The molecule has 2 N–H and O–H groups in total. The monoisotopic (exact) mass is 433 g/mol. The number of carbonyl (C=O) groups is 2. The van der Waals surface area contributed by atoms with Gasteiger partial charge in [-0.2, -0.15) is 4.31 Å². The van der Waals surface area contributed by atoms with Crippen LogP contribution in [-0.4, -0.2) is 53.6 Å². The fourth-order valence-electron chi connectivity index (χ4n) is 2.85. The third-order valence-corrected chi connectivity index (χ3v) is 6.55. The van der Waals surface area contributed by atoms with E-state index in [2.05, 4.69) is 20.6 Å². The maximum atomic E-state index is 12.8. The van der Waals surface area contributed by atoms with Gasteiger partial charge in [0, 0.05) is 18.7 Å². The van der Waals surface area contributed by atoms with Gasteiger partial charge >= 0.3 is 0 Å². The summed E-state index contributed by atoms with van der Waals surface area (Å²) in [6, 6.07) is 4.96. The molecular formula is C20H27N5O4S. The summed E-state index contributed by atoms with van der Waals surface area (Å²) in [5.41, 5.74) is 0.569. The first-order chi connectivity index (χ1) is 14.2. The number of carbonyl (C=O) groups excluding carboxylic acids is 2. The van der Waals surface area contributed by atoms with Gasteiger partial charge in [0.1, 0.15) is 12.4 Å². The van der Waals surface area contributed by atoms with E-state index in [-0.39, 0.29) is 16.4 Å². The van der Waals surface area contributed by atoms with E-state index in [0.717, 1.165) is 0 Å². The van der Waals surface area contributed by atoms with Crippen LogP contribution in [0.25, 0.3) is 0 Å². The van der Waals surface area contributed by atoms with Crippen molar-refractivity contribution >= 4 is 27.5 Å².